The highest BCUT2D eigenvalue weighted by atomic mass is 19.4. The van der Waals surface area contributed by atoms with Crippen LogP contribution in [0.4, 0.5) is 23.2 Å². The summed E-state index contributed by atoms with van der Waals surface area (Å²) in [4.78, 5) is 0. The Bertz CT molecular complexity index is 520. The summed E-state index contributed by atoms with van der Waals surface area (Å²) in [6, 6.07) is 2.01. The van der Waals surface area contributed by atoms with Gasteiger partial charge in [0.1, 0.15) is 5.82 Å². The summed E-state index contributed by atoms with van der Waals surface area (Å²) in [7, 11) is 0. The van der Waals surface area contributed by atoms with Crippen LogP contribution < -0.4 is 11.1 Å². The Morgan fingerprint density at radius 2 is 2.05 bits per heavy atom. The number of hydrogen-bond acceptors (Lipinski definition) is 3. The highest BCUT2D eigenvalue weighted by molar-refractivity contribution is 5.49. The first-order valence-electron chi connectivity index (χ1n) is 6.38. The van der Waals surface area contributed by atoms with Crippen molar-refractivity contribution in [2.24, 2.45) is 11.7 Å². The van der Waals surface area contributed by atoms with Crippen molar-refractivity contribution in [2.45, 2.75) is 30.8 Å². The fraction of sp³-hybridized carbons (Fsp3) is 0.538. The first-order chi connectivity index (χ1) is 9.38. The molecule has 4 unspecified atom stereocenters. The Kier molecular flexibility index (Phi) is 3.13. The molecule has 1 aromatic rings. The monoisotopic (exact) mass is 290 g/mol. The van der Waals surface area contributed by atoms with E-state index in [1.54, 1.807) is 0 Å². The molecule has 20 heavy (non-hydrogen) atoms. The Morgan fingerprint density at radius 1 is 1.30 bits per heavy atom. The quantitative estimate of drug-likeness (QED) is 0.822. The lowest BCUT2D eigenvalue weighted by atomic mass is 9.72. The normalized spacial score (nSPS) is 32.6. The Morgan fingerprint density at radius 3 is 2.70 bits per heavy atom. The molecule has 3 N–H and O–H groups in total. The summed E-state index contributed by atoms with van der Waals surface area (Å²) in [5, 5.41) is 2.85. The predicted octanol–water partition coefficient (Wildman–Crippen LogP) is 2.37. The van der Waals surface area contributed by atoms with E-state index >= 15 is 0 Å². The number of benzene rings is 1. The fourth-order valence-electron chi connectivity index (χ4n) is 2.92. The fourth-order valence-corrected chi connectivity index (χ4v) is 2.92. The molecule has 7 heteroatoms. The van der Waals surface area contributed by atoms with Gasteiger partial charge in [0, 0.05) is 18.6 Å². The number of halogens is 4. The van der Waals surface area contributed by atoms with Gasteiger partial charge in [0.15, 0.2) is 0 Å². The maximum Gasteiger partial charge on any atom is 0.416 e. The Hall–Kier alpha value is -1.34. The van der Waals surface area contributed by atoms with Crippen LogP contribution in [-0.2, 0) is 10.9 Å². The van der Waals surface area contributed by atoms with Gasteiger partial charge in [-0.1, -0.05) is 0 Å². The number of rotatable bonds is 2. The Balaban J connectivity index is 1.75. The van der Waals surface area contributed by atoms with Crippen molar-refractivity contribution in [3.8, 4) is 0 Å². The second-order valence-electron chi connectivity index (χ2n) is 5.23. The average Bonchev–Trinajstić information content (AvgIpc) is 2.80. The minimum Gasteiger partial charge on any atom is -0.376 e. The van der Waals surface area contributed by atoms with Crippen LogP contribution >= 0.6 is 0 Å². The van der Waals surface area contributed by atoms with Gasteiger partial charge >= 0.3 is 6.18 Å². The lowest BCUT2D eigenvalue weighted by Gasteiger charge is -2.46. The zero-order valence-electron chi connectivity index (χ0n) is 10.5. The molecule has 1 aliphatic carbocycles. The molecule has 4 atom stereocenters. The molecule has 3 rings (SSSR count). The third kappa shape index (κ3) is 2.14. The summed E-state index contributed by atoms with van der Waals surface area (Å²) in [5.41, 5.74) is 4.97. The van der Waals surface area contributed by atoms with E-state index in [-0.39, 0.29) is 29.8 Å². The van der Waals surface area contributed by atoms with Gasteiger partial charge in [-0.25, -0.2) is 4.39 Å². The molecule has 1 aliphatic heterocycles. The molecule has 1 heterocycles. The molecular weight excluding hydrogens is 276 g/mol. The Labute approximate surface area is 113 Å². The van der Waals surface area contributed by atoms with Crippen molar-refractivity contribution >= 4 is 5.69 Å². The standard InChI is InChI=1S/C13H14F4N2O/c14-8-5-6(13(15,16)17)1-2-9(8)19-11-10(18)7-3-4-20-12(7)11/h1-2,5,7,10-12,19H,3-4,18H2. The number of anilines is 1. The van der Waals surface area contributed by atoms with Gasteiger partial charge in [0.25, 0.3) is 0 Å². The van der Waals surface area contributed by atoms with Gasteiger partial charge in [-0.2, -0.15) is 13.2 Å². The van der Waals surface area contributed by atoms with Crippen molar-refractivity contribution in [2.75, 3.05) is 11.9 Å². The smallest absolute Gasteiger partial charge is 0.376 e. The van der Waals surface area contributed by atoms with E-state index in [2.05, 4.69) is 5.32 Å². The molecule has 2 aliphatic rings. The van der Waals surface area contributed by atoms with Gasteiger partial charge in [-0.3, -0.25) is 0 Å². The van der Waals surface area contributed by atoms with Gasteiger partial charge < -0.3 is 15.8 Å². The van der Waals surface area contributed by atoms with Crippen molar-refractivity contribution in [3.05, 3.63) is 29.6 Å². The van der Waals surface area contributed by atoms with E-state index in [4.69, 9.17) is 10.5 Å². The second-order valence-corrected chi connectivity index (χ2v) is 5.23. The van der Waals surface area contributed by atoms with Crippen LogP contribution in [0.2, 0.25) is 0 Å². The highest BCUT2D eigenvalue weighted by Crippen LogP contribution is 2.40. The zero-order chi connectivity index (χ0) is 14.5. The van der Waals surface area contributed by atoms with Gasteiger partial charge in [-0.05, 0) is 24.6 Å². The first-order valence-corrected chi connectivity index (χ1v) is 6.38. The molecule has 0 spiro atoms. The van der Waals surface area contributed by atoms with Crippen molar-refractivity contribution < 1.29 is 22.3 Å². The van der Waals surface area contributed by atoms with Crippen molar-refractivity contribution in [3.63, 3.8) is 0 Å². The van der Waals surface area contributed by atoms with E-state index in [1.165, 1.54) is 0 Å². The maximum atomic E-state index is 13.7. The summed E-state index contributed by atoms with van der Waals surface area (Å²) >= 11 is 0. The third-order valence-electron chi connectivity index (χ3n) is 4.07. The molecule has 1 aromatic carbocycles. The minimum atomic E-state index is -4.55. The highest BCUT2D eigenvalue weighted by Gasteiger charge is 2.52. The number of ether oxygens (including phenoxy) is 1. The average molecular weight is 290 g/mol. The molecule has 0 bridgehead atoms. The number of nitrogens with one attached hydrogen (secondary N) is 1. The number of nitrogens with two attached hydrogens (primary N) is 1. The van der Waals surface area contributed by atoms with E-state index < -0.39 is 17.6 Å². The molecule has 1 saturated carbocycles. The number of hydrogen-bond donors (Lipinski definition) is 2. The molecule has 1 saturated heterocycles. The lowest BCUT2D eigenvalue weighted by Crippen LogP contribution is -2.65. The first kappa shape index (κ1) is 13.6. The molecule has 110 valence electrons. The van der Waals surface area contributed by atoms with E-state index in [9.17, 15) is 17.6 Å². The molecule has 0 aromatic heterocycles. The van der Waals surface area contributed by atoms with Crippen LogP contribution in [0.25, 0.3) is 0 Å². The minimum absolute atomic E-state index is 0.0207. The van der Waals surface area contributed by atoms with Gasteiger partial charge in [-0.15, -0.1) is 0 Å². The number of fused-ring (bicyclic) bond motifs is 1. The summed E-state index contributed by atoms with van der Waals surface area (Å²) in [5.74, 6) is -0.682. The molecule has 0 amide bonds. The third-order valence-corrected chi connectivity index (χ3v) is 4.07. The van der Waals surface area contributed by atoms with Crippen LogP contribution in [0, 0.1) is 11.7 Å². The second kappa shape index (κ2) is 4.60. The molecular formula is C13H14F4N2O. The van der Waals surface area contributed by atoms with Gasteiger partial charge in [0.05, 0.1) is 23.4 Å². The van der Waals surface area contributed by atoms with Crippen LogP contribution in [-0.4, -0.2) is 24.8 Å². The van der Waals surface area contributed by atoms with Gasteiger partial charge in [0.2, 0.25) is 0 Å². The summed E-state index contributed by atoms with van der Waals surface area (Å²) in [6.45, 7) is 0.622. The SMILES string of the molecule is NC1C2CCOC2C1Nc1ccc(C(F)(F)F)cc1F. The van der Waals surface area contributed by atoms with Crippen molar-refractivity contribution in [1.82, 2.24) is 0 Å². The molecule has 2 fully saturated rings. The van der Waals surface area contributed by atoms with E-state index in [0.29, 0.717) is 12.7 Å². The van der Waals surface area contributed by atoms with Crippen LogP contribution in [0.15, 0.2) is 18.2 Å². The summed E-state index contributed by atoms with van der Waals surface area (Å²) < 4.78 is 56.6. The van der Waals surface area contributed by atoms with Crippen LogP contribution in [0.3, 0.4) is 0 Å². The predicted molar refractivity (Wildman–Crippen MR) is 64.6 cm³/mol. The summed E-state index contributed by atoms with van der Waals surface area (Å²) in [6.07, 6.45) is -3.75. The topological polar surface area (TPSA) is 47.3 Å². The molecule has 0 radical (unpaired) electrons. The largest absolute Gasteiger partial charge is 0.416 e. The van der Waals surface area contributed by atoms with E-state index in [1.807, 2.05) is 0 Å². The van der Waals surface area contributed by atoms with Crippen LogP contribution in [0.1, 0.15) is 12.0 Å². The number of alkyl halides is 3. The van der Waals surface area contributed by atoms with Crippen LogP contribution in [0.5, 0.6) is 0 Å². The van der Waals surface area contributed by atoms with E-state index in [0.717, 1.165) is 18.6 Å². The van der Waals surface area contributed by atoms with Crippen molar-refractivity contribution in [1.29, 1.82) is 0 Å². The molecule has 3 nitrogen and oxygen atoms in total. The zero-order valence-corrected chi connectivity index (χ0v) is 10.5. The lowest BCUT2D eigenvalue weighted by molar-refractivity contribution is -0.137. The maximum absolute atomic E-state index is 13.7.